The fourth-order valence-corrected chi connectivity index (χ4v) is 2.37. The van der Waals surface area contributed by atoms with E-state index in [0.29, 0.717) is 22.9 Å². The minimum Gasteiger partial charge on any atom is -0.493 e. The standard InChI is InChI=1S/C18H18N4O3/c1-12-17(21-22(20-12)14-7-5-4-6-8-14)18(23)19-13-9-10-15(24-2)16(11-13)25-3/h4-11H,1-3H3,(H,19,23). The molecule has 0 saturated heterocycles. The highest BCUT2D eigenvalue weighted by atomic mass is 16.5. The van der Waals surface area contributed by atoms with E-state index in [1.54, 1.807) is 39.3 Å². The smallest absolute Gasteiger partial charge is 0.278 e. The molecule has 1 aromatic heterocycles. The van der Waals surface area contributed by atoms with Crippen molar-refractivity contribution in [2.24, 2.45) is 0 Å². The lowest BCUT2D eigenvalue weighted by Gasteiger charge is -2.10. The number of rotatable bonds is 5. The fourth-order valence-electron chi connectivity index (χ4n) is 2.37. The molecule has 0 spiro atoms. The monoisotopic (exact) mass is 338 g/mol. The maximum absolute atomic E-state index is 12.5. The minimum absolute atomic E-state index is 0.263. The molecule has 0 unspecified atom stereocenters. The molecule has 3 rings (SSSR count). The van der Waals surface area contributed by atoms with E-state index in [1.165, 1.54) is 4.80 Å². The fraction of sp³-hybridized carbons (Fsp3) is 0.167. The number of nitrogens with zero attached hydrogens (tertiary/aromatic N) is 3. The summed E-state index contributed by atoms with van der Waals surface area (Å²) in [4.78, 5) is 14.0. The van der Waals surface area contributed by atoms with E-state index >= 15 is 0 Å². The van der Waals surface area contributed by atoms with Gasteiger partial charge in [0, 0.05) is 11.8 Å². The summed E-state index contributed by atoms with van der Waals surface area (Å²) in [5, 5.41) is 11.4. The van der Waals surface area contributed by atoms with Crippen LogP contribution < -0.4 is 14.8 Å². The Bertz CT molecular complexity index is 891. The van der Waals surface area contributed by atoms with Crippen molar-refractivity contribution < 1.29 is 14.3 Å². The van der Waals surface area contributed by atoms with Crippen LogP contribution in [0.1, 0.15) is 16.2 Å². The summed E-state index contributed by atoms with van der Waals surface area (Å²) in [5.41, 5.74) is 2.17. The van der Waals surface area contributed by atoms with Crippen LogP contribution in [0.5, 0.6) is 11.5 Å². The molecule has 0 saturated carbocycles. The molecule has 1 heterocycles. The van der Waals surface area contributed by atoms with Crippen molar-refractivity contribution in [3.63, 3.8) is 0 Å². The second kappa shape index (κ2) is 7.04. The van der Waals surface area contributed by atoms with Gasteiger partial charge in [0.15, 0.2) is 17.2 Å². The van der Waals surface area contributed by atoms with Crippen LogP contribution in [0.25, 0.3) is 5.69 Å². The van der Waals surface area contributed by atoms with Crippen LogP contribution in [0.15, 0.2) is 48.5 Å². The number of aromatic nitrogens is 3. The third-order valence-corrected chi connectivity index (χ3v) is 3.63. The molecule has 2 aromatic carbocycles. The largest absolute Gasteiger partial charge is 0.493 e. The van der Waals surface area contributed by atoms with Gasteiger partial charge in [0.05, 0.1) is 25.6 Å². The molecule has 25 heavy (non-hydrogen) atoms. The molecule has 0 aliphatic rings. The Morgan fingerprint density at radius 1 is 1.00 bits per heavy atom. The Morgan fingerprint density at radius 3 is 2.40 bits per heavy atom. The summed E-state index contributed by atoms with van der Waals surface area (Å²) in [6.45, 7) is 1.75. The lowest BCUT2D eigenvalue weighted by atomic mass is 10.2. The number of aryl methyl sites for hydroxylation is 1. The number of hydrogen-bond donors (Lipinski definition) is 1. The lowest BCUT2D eigenvalue weighted by molar-refractivity contribution is 0.102. The van der Waals surface area contributed by atoms with Gasteiger partial charge < -0.3 is 14.8 Å². The maximum atomic E-state index is 12.5. The van der Waals surface area contributed by atoms with E-state index in [4.69, 9.17) is 9.47 Å². The number of hydrogen-bond acceptors (Lipinski definition) is 5. The normalized spacial score (nSPS) is 10.4. The van der Waals surface area contributed by atoms with E-state index in [0.717, 1.165) is 5.69 Å². The highest BCUT2D eigenvalue weighted by molar-refractivity contribution is 6.03. The number of amides is 1. The van der Waals surface area contributed by atoms with Gasteiger partial charge >= 0.3 is 0 Å². The summed E-state index contributed by atoms with van der Waals surface area (Å²) in [6, 6.07) is 14.6. The van der Waals surface area contributed by atoms with Gasteiger partial charge in [-0.05, 0) is 31.2 Å². The van der Waals surface area contributed by atoms with Gasteiger partial charge in [-0.2, -0.15) is 9.90 Å². The number of para-hydroxylation sites is 1. The van der Waals surface area contributed by atoms with Crippen molar-refractivity contribution >= 4 is 11.6 Å². The molecule has 0 fully saturated rings. The molecule has 1 N–H and O–H groups in total. The van der Waals surface area contributed by atoms with Crippen LogP contribution in [-0.2, 0) is 0 Å². The molecule has 3 aromatic rings. The van der Waals surface area contributed by atoms with E-state index in [-0.39, 0.29) is 11.6 Å². The van der Waals surface area contributed by atoms with Gasteiger partial charge in [-0.1, -0.05) is 18.2 Å². The summed E-state index contributed by atoms with van der Waals surface area (Å²) in [5.74, 6) is 0.781. The van der Waals surface area contributed by atoms with Crippen LogP contribution in [0.2, 0.25) is 0 Å². The lowest BCUT2D eigenvalue weighted by Crippen LogP contribution is -2.14. The van der Waals surface area contributed by atoms with E-state index in [2.05, 4.69) is 15.5 Å². The molecule has 7 heteroatoms. The van der Waals surface area contributed by atoms with E-state index in [1.807, 2.05) is 30.3 Å². The predicted octanol–water partition coefficient (Wildman–Crippen LogP) is 2.85. The zero-order valence-electron chi connectivity index (χ0n) is 14.2. The highest BCUT2D eigenvalue weighted by Gasteiger charge is 2.17. The highest BCUT2D eigenvalue weighted by Crippen LogP contribution is 2.29. The first-order valence-corrected chi connectivity index (χ1v) is 7.65. The number of anilines is 1. The molecule has 0 aliphatic heterocycles. The molecule has 0 aliphatic carbocycles. The summed E-state index contributed by atoms with van der Waals surface area (Å²) >= 11 is 0. The average molecular weight is 338 g/mol. The molecule has 0 bridgehead atoms. The van der Waals surface area contributed by atoms with Gasteiger partial charge in [0.2, 0.25) is 0 Å². The van der Waals surface area contributed by atoms with Gasteiger partial charge in [0.1, 0.15) is 0 Å². The predicted molar refractivity (Wildman–Crippen MR) is 93.6 cm³/mol. The Hall–Kier alpha value is -3.35. The summed E-state index contributed by atoms with van der Waals surface area (Å²) in [6.07, 6.45) is 0. The summed E-state index contributed by atoms with van der Waals surface area (Å²) < 4.78 is 10.4. The Kier molecular flexibility index (Phi) is 4.65. The molecular formula is C18H18N4O3. The van der Waals surface area contributed by atoms with Crippen LogP contribution >= 0.6 is 0 Å². The Balaban J connectivity index is 1.83. The van der Waals surface area contributed by atoms with Crippen molar-refractivity contribution in [2.45, 2.75) is 6.92 Å². The maximum Gasteiger partial charge on any atom is 0.278 e. The second-order valence-electron chi connectivity index (χ2n) is 5.28. The zero-order chi connectivity index (χ0) is 17.8. The molecule has 1 amide bonds. The summed E-state index contributed by atoms with van der Waals surface area (Å²) in [7, 11) is 3.10. The quantitative estimate of drug-likeness (QED) is 0.774. The van der Waals surface area contributed by atoms with Crippen molar-refractivity contribution in [2.75, 3.05) is 19.5 Å². The van der Waals surface area contributed by atoms with Crippen molar-refractivity contribution in [1.82, 2.24) is 15.0 Å². The zero-order valence-corrected chi connectivity index (χ0v) is 14.2. The Morgan fingerprint density at radius 2 is 1.72 bits per heavy atom. The van der Waals surface area contributed by atoms with Crippen LogP contribution in [0.3, 0.4) is 0 Å². The first-order chi connectivity index (χ1) is 12.1. The molecule has 0 atom stereocenters. The van der Waals surface area contributed by atoms with Crippen molar-refractivity contribution in [3.05, 3.63) is 59.9 Å². The average Bonchev–Trinajstić information content (AvgIpc) is 3.04. The number of ether oxygens (including phenoxy) is 2. The van der Waals surface area contributed by atoms with Crippen LogP contribution in [-0.4, -0.2) is 35.1 Å². The van der Waals surface area contributed by atoms with Crippen molar-refractivity contribution in [1.29, 1.82) is 0 Å². The minimum atomic E-state index is -0.341. The number of nitrogens with one attached hydrogen (secondary N) is 1. The molecular weight excluding hydrogens is 320 g/mol. The van der Waals surface area contributed by atoms with Gasteiger partial charge in [-0.25, -0.2) is 0 Å². The van der Waals surface area contributed by atoms with Gasteiger partial charge in [0.25, 0.3) is 5.91 Å². The third kappa shape index (κ3) is 3.45. The SMILES string of the molecule is COc1ccc(NC(=O)c2nn(-c3ccccc3)nc2C)cc1OC. The third-order valence-electron chi connectivity index (χ3n) is 3.63. The van der Waals surface area contributed by atoms with Crippen LogP contribution in [0, 0.1) is 6.92 Å². The number of carbonyl (C=O) groups excluding carboxylic acids is 1. The van der Waals surface area contributed by atoms with Gasteiger partial charge in [-0.15, -0.1) is 5.10 Å². The van der Waals surface area contributed by atoms with Gasteiger partial charge in [-0.3, -0.25) is 4.79 Å². The van der Waals surface area contributed by atoms with Crippen LogP contribution in [0.4, 0.5) is 5.69 Å². The van der Waals surface area contributed by atoms with E-state index in [9.17, 15) is 4.79 Å². The Labute approximate surface area is 145 Å². The number of methoxy groups -OCH3 is 2. The number of benzene rings is 2. The second-order valence-corrected chi connectivity index (χ2v) is 5.28. The molecule has 128 valence electrons. The number of carbonyl (C=O) groups is 1. The topological polar surface area (TPSA) is 78.3 Å². The first kappa shape index (κ1) is 16.5. The van der Waals surface area contributed by atoms with Crippen molar-refractivity contribution in [3.8, 4) is 17.2 Å². The molecule has 7 nitrogen and oxygen atoms in total. The first-order valence-electron chi connectivity index (χ1n) is 7.65. The molecule has 0 radical (unpaired) electrons. The van der Waals surface area contributed by atoms with E-state index < -0.39 is 0 Å².